The summed E-state index contributed by atoms with van der Waals surface area (Å²) in [6, 6.07) is 0. The van der Waals surface area contributed by atoms with E-state index in [1.54, 1.807) is 4.52 Å². The van der Waals surface area contributed by atoms with Gasteiger partial charge in [0.05, 0.1) is 5.69 Å². The average molecular weight is 316 g/mol. The lowest BCUT2D eigenvalue weighted by Gasteiger charge is -2.10. The van der Waals surface area contributed by atoms with E-state index in [1.807, 2.05) is 26.2 Å². The number of thiazole rings is 1. The highest BCUT2D eigenvalue weighted by Gasteiger charge is 2.13. The summed E-state index contributed by atoms with van der Waals surface area (Å²) in [6.07, 6.45) is 2.47. The van der Waals surface area contributed by atoms with Crippen LogP contribution in [0, 0.1) is 20.8 Å². The summed E-state index contributed by atoms with van der Waals surface area (Å²) in [5.41, 5.74) is 3.80. The predicted molar refractivity (Wildman–Crippen MR) is 84.1 cm³/mol. The van der Waals surface area contributed by atoms with E-state index in [0.29, 0.717) is 23.8 Å². The second kappa shape index (κ2) is 5.80. The Balaban J connectivity index is 1.72. The lowest BCUT2D eigenvalue weighted by molar-refractivity contribution is -0.116. The molecule has 0 fully saturated rings. The van der Waals surface area contributed by atoms with Crippen molar-refractivity contribution < 1.29 is 4.79 Å². The third-order valence-corrected chi connectivity index (χ3v) is 4.33. The van der Waals surface area contributed by atoms with Crippen molar-refractivity contribution >= 4 is 28.2 Å². The third-order valence-electron chi connectivity index (χ3n) is 3.46. The molecule has 114 valence electrons. The van der Waals surface area contributed by atoms with Gasteiger partial charge in [0, 0.05) is 23.2 Å². The molecule has 22 heavy (non-hydrogen) atoms. The molecule has 0 aromatic carbocycles. The molecular weight excluding hydrogens is 300 g/mol. The van der Waals surface area contributed by atoms with Gasteiger partial charge in [-0.3, -0.25) is 4.79 Å². The molecule has 0 saturated heterocycles. The van der Waals surface area contributed by atoms with E-state index in [4.69, 9.17) is 0 Å². The standard InChI is InChI=1S/C14H16N6OS/c1-8-6-22-14(17-8)19-12(21)5-4-11-9(2)18-13-15-7-16-20(13)10(11)3/h6-7H,4-5H2,1-3H3,(H,17,19,21). The molecule has 1 amide bonds. The van der Waals surface area contributed by atoms with Gasteiger partial charge in [-0.15, -0.1) is 11.3 Å². The number of nitrogens with zero attached hydrogens (tertiary/aromatic N) is 5. The molecule has 0 atom stereocenters. The van der Waals surface area contributed by atoms with Crippen molar-refractivity contribution in [2.75, 3.05) is 5.32 Å². The van der Waals surface area contributed by atoms with E-state index < -0.39 is 0 Å². The summed E-state index contributed by atoms with van der Waals surface area (Å²) in [5, 5.41) is 9.52. The summed E-state index contributed by atoms with van der Waals surface area (Å²) >= 11 is 1.43. The van der Waals surface area contributed by atoms with Crippen LogP contribution in [0.4, 0.5) is 5.13 Å². The number of rotatable bonds is 4. The van der Waals surface area contributed by atoms with Gasteiger partial charge in [0.2, 0.25) is 5.91 Å². The minimum Gasteiger partial charge on any atom is -0.302 e. The molecule has 0 spiro atoms. The Bertz CT molecular complexity index is 837. The molecule has 7 nitrogen and oxygen atoms in total. The zero-order valence-corrected chi connectivity index (χ0v) is 13.4. The van der Waals surface area contributed by atoms with Crippen LogP contribution in [0.5, 0.6) is 0 Å². The third kappa shape index (κ3) is 2.82. The quantitative estimate of drug-likeness (QED) is 0.796. The molecule has 0 aliphatic rings. The van der Waals surface area contributed by atoms with Gasteiger partial charge in [-0.05, 0) is 32.8 Å². The Hall–Kier alpha value is -2.35. The van der Waals surface area contributed by atoms with Crippen molar-refractivity contribution in [2.45, 2.75) is 33.6 Å². The van der Waals surface area contributed by atoms with Crippen molar-refractivity contribution in [3.05, 3.63) is 34.4 Å². The van der Waals surface area contributed by atoms with E-state index in [1.165, 1.54) is 17.7 Å². The van der Waals surface area contributed by atoms with Crippen LogP contribution in [-0.2, 0) is 11.2 Å². The molecular formula is C14H16N6OS. The maximum Gasteiger partial charge on any atom is 0.252 e. The van der Waals surface area contributed by atoms with Crippen LogP contribution in [0.3, 0.4) is 0 Å². The second-order valence-corrected chi connectivity index (χ2v) is 5.93. The van der Waals surface area contributed by atoms with E-state index in [-0.39, 0.29) is 5.91 Å². The lowest BCUT2D eigenvalue weighted by atomic mass is 10.1. The number of fused-ring (bicyclic) bond motifs is 1. The van der Waals surface area contributed by atoms with Crippen LogP contribution in [0.2, 0.25) is 0 Å². The molecule has 0 aliphatic carbocycles. The monoisotopic (exact) mass is 316 g/mol. The van der Waals surface area contributed by atoms with E-state index >= 15 is 0 Å². The Morgan fingerprint density at radius 1 is 1.32 bits per heavy atom. The minimum atomic E-state index is -0.0492. The van der Waals surface area contributed by atoms with Gasteiger partial charge in [-0.25, -0.2) is 14.5 Å². The maximum absolute atomic E-state index is 12.0. The van der Waals surface area contributed by atoms with Gasteiger partial charge in [0.25, 0.3) is 5.78 Å². The zero-order valence-electron chi connectivity index (χ0n) is 12.6. The number of aromatic nitrogens is 5. The van der Waals surface area contributed by atoms with Gasteiger partial charge in [-0.2, -0.15) is 10.1 Å². The van der Waals surface area contributed by atoms with Gasteiger partial charge in [-0.1, -0.05) is 0 Å². The number of nitrogens with one attached hydrogen (secondary N) is 1. The fourth-order valence-corrected chi connectivity index (χ4v) is 3.05. The van der Waals surface area contributed by atoms with Gasteiger partial charge < -0.3 is 5.32 Å². The Kier molecular flexibility index (Phi) is 3.84. The molecule has 3 rings (SSSR count). The topological polar surface area (TPSA) is 85.1 Å². The number of amides is 1. The van der Waals surface area contributed by atoms with Crippen LogP contribution in [0.1, 0.15) is 29.1 Å². The first kappa shape index (κ1) is 14.6. The Morgan fingerprint density at radius 3 is 2.86 bits per heavy atom. The molecule has 0 aliphatic heterocycles. The lowest BCUT2D eigenvalue weighted by Crippen LogP contribution is -2.14. The van der Waals surface area contributed by atoms with Crippen LogP contribution >= 0.6 is 11.3 Å². The molecule has 3 aromatic heterocycles. The van der Waals surface area contributed by atoms with Crippen molar-refractivity contribution in [3.8, 4) is 0 Å². The molecule has 3 heterocycles. The van der Waals surface area contributed by atoms with E-state index in [2.05, 4.69) is 25.4 Å². The highest BCUT2D eigenvalue weighted by Crippen LogP contribution is 2.17. The predicted octanol–water partition coefficient (Wildman–Crippen LogP) is 2.08. The highest BCUT2D eigenvalue weighted by molar-refractivity contribution is 7.13. The molecule has 8 heteroatoms. The SMILES string of the molecule is Cc1csc(NC(=O)CCc2c(C)nc3ncnn3c2C)n1. The summed E-state index contributed by atoms with van der Waals surface area (Å²) in [6.45, 7) is 5.80. The normalized spacial score (nSPS) is 11.0. The van der Waals surface area contributed by atoms with E-state index in [9.17, 15) is 4.79 Å². The number of carbonyl (C=O) groups is 1. The number of carbonyl (C=O) groups excluding carboxylic acids is 1. The average Bonchev–Trinajstić information content (AvgIpc) is 3.07. The van der Waals surface area contributed by atoms with Crippen LogP contribution in [0.15, 0.2) is 11.7 Å². The van der Waals surface area contributed by atoms with Crippen LogP contribution < -0.4 is 5.32 Å². The Labute approximate surface area is 131 Å². The Morgan fingerprint density at radius 2 is 2.14 bits per heavy atom. The van der Waals surface area contributed by atoms with Crippen LogP contribution in [-0.4, -0.2) is 30.5 Å². The van der Waals surface area contributed by atoms with Crippen LogP contribution in [0.25, 0.3) is 5.78 Å². The highest BCUT2D eigenvalue weighted by atomic mass is 32.1. The summed E-state index contributed by atoms with van der Waals surface area (Å²) in [5.74, 6) is 0.535. The maximum atomic E-state index is 12.0. The van der Waals surface area contributed by atoms with Crippen molar-refractivity contribution in [1.29, 1.82) is 0 Å². The molecule has 3 aromatic rings. The molecule has 0 bridgehead atoms. The molecule has 1 N–H and O–H groups in total. The summed E-state index contributed by atoms with van der Waals surface area (Å²) in [7, 11) is 0. The summed E-state index contributed by atoms with van der Waals surface area (Å²) in [4.78, 5) is 24.8. The molecule has 0 saturated carbocycles. The second-order valence-electron chi connectivity index (χ2n) is 5.08. The fraction of sp³-hybridized carbons (Fsp3) is 0.357. The van der Waals surface area contributed by atoms with Gasteiger partial charge >= 0.3 is 0 Å². The zero-order chi connectivity index (χ0) is 15.7. The fourth-order valence-electron chi connectivity index (χ4n) is 2.35. The first-order chi connectivity index (χ1) is 10.5. The van der Waals surface area contributed by atoms with Crippen molar-refractivity contribution in [1.82, 2.24) is 24.6 Å². The largest absolute Gasteiger partial charge is 0.302 e. The smallest absolute Gasteiger partial charge is 0.252 e. The first-order valence-corrected chi connectivity index (χ1v) is 7.80. The summed E-state index contributed by atoms with van der Waals surface area (Å²) < 4.78 is 1.70. The molecule has 0 radical (unpaired) electrons. The number of hydrogen-bond acceptors (Lipinski definition) is 6. The number of hydrogen-bond donors (Lipinski definition) is 1. The number of anilines is 1. The minimum absolute atomic E-state index is 0.0492. The first-order valence-electron chi connectivity index (χ1n) is 6.92. The number of aryl methyl sites for hydroxylation is 3. The van der Waals surface area contributed by atoms with Gasteiger partial charge in [0.15, 0.2) is 5.13 Å². The van der Waals surface area contributed by atoms with Crippen molar-refractivity contribution in [2.24, 2.45) is 0 Å². The van der Waals surface area contributed by atoms with Crippen molar-refractivity contribution in [3.63, 3.8) is 0 Å². The molecule has 0 unspecified atom stereocenters. The van der Waals surface area contributed by atoms with E-state index in [0.717, 1.165) is 22.6 Å². The van der Waals surface area contributed by atoms with Gasteiger partial charge in [0.1, 0.15) is 6.33 Å².